The fraction of sp³-hybridized carbons (Fsp3) is 0.647. The third-order valence-corrected chi connectivity index (χ3v) is 4.78. The highest BCUT2D eigenvalue weighted by Gasteiger charge is 2.29. The molecule has 0 aliphatic carbocycles. The van der Waals surface area contributed by atoms with Crippen LogP contribution in [0.15, 0.2) is 6.07 Å². The Balaban J connectivity index is 2.10. The zero-order valence-electron chi connectivity index (χ0n) is 14.9. The Labute approximate surface area is 139 Å². The second kappa shape index (κ2) is 6.84. The molecule has 0 atom stereocenters. The highest BCUT2D eigenvalue weighted by Crippen LogP contribution is 2.21. The minimum atomic E-state index is -0.444. The van der Waals surface area contributed by atoms with Crippen LogP contribution < -0.4 is 11.1 Å². The van der Waals surface area contributed by atoms with Gasteiger partial charge in [0.05, 0.1) is 5.56 Å². The minimum Gasteiger partial charge on any atom is -0.368 e. The average molecular weight is 319 g/mol. The molecule has 0 radical (unpaired) electrons. The molecule has 23 heavy (non-hydrogen) atoms. The standard InChI is InChI=1S/C17H29N5O/c1-12-10-14(15(18)23)16(20-13(12)2)19-11-17(3,4)22-8-6-21(5)7-9-22/h10H,6-9,11H2,1-5H3,(H2,18,23)(H,19,20). The molecule has 6 nitrogen and oxygen atoms in total. The van der Waals surface area contributed by atoms with E-state index in [1.165, 1.54) is 0 Å². The molecule has 1 amide bonds. The molecule has 1 aliphatic rings. The van der Waals surface area contributed by atoms with Gasteiger partial charge in [0.1, 0.15) is 5.82 Å². The topological polar surface area (TPSA) is 74.5 Å². The van der Waals surface area contributed by atoms with Crippen molar-refractivity contribution >= 4 is 11.7 Å². The maximum atomic E-state index is 11.7. The summed E-state index contributed by atoms with van der Waals surface area (Å²) in [6.07, 6.45) is 0. The van der Waals surface area contributed by atoms with Gasteiger partial charge < -0.3 is 16.0 Å². The van der Waals surface area contributed by atoms with E-state index in [1.54, 1.807) is 0 Å². The maximum Gasteiger partial charge on any atom is 0.252 e. The van der Waals surface area contributed by atoms with Crippen molar-refractivity contribution in [2.45, 2.75) is 33.2 Å². The van der Waals surface area contributed by atoms with Gasteiger partial charge in [0.2, 0.25) is 0 Å². The normalized spacial score (nSPS) is 17.3. The first kappa shape index (κ1) is 17.7. The number of nitrogens with two attached hydrogens (primary N) is 1. The number of amides is 1. The van der Waals surface area contributed by atoms with Gasteiger partial charge in [0.25, 0.3) is 5.91 Å². The number of nitrogens with zero attached hydrogens (tertiary/aromatic N) is 3. The molecular weight excluding hydrogens is 290 g/mol. The SMILES string of the molecule is Cc1cc(C(N)=O)c(NCC(C)(C)N2CCN(C)CC2)nc1C. The van der Waals surface area contributed by atoms with Crippen molar-refractivity contribution in [1.82, 2.24) is 14.8 Å². The van der Waals surface area contributed by atoms with Gasteiger partial charge in [-0.25, -0.2) is 4.98 Å². The van der Waals surface area contributed by atoms with Crippen molar-refractivity contribution in [2.24, 2.45) is 5.73 Å². The van der Waals surface area contributed by atoms with E-state index < -0.39 is 5.91 Å². The third kappa shape index (κ3) is 4.20. The van der Waals surface area contributed by atoms with Crippen molar-refractivity contribution in [3.63, 3.8) is 0 Å². The number of piperazine rings is 1. The Hall–Kier alpha value is -1.66. The summed E-state index contributed by atoms with van der Waals surface area (Å²) < 4.78 is 0. The summed E-state index contributed by atoms with van der Waals surface area (Å²) in [5, 5.41) is 3.34. The van der Waals surface area contributed by atoms with Gasteiger partial charge >= 0.3 is 0 Å². The number of aryl methyl sites for hydroxylation is 2. The first-order valence-corrected chi connectivity index (χ1v) is 8.16. The van der Waals surface area contributed by atoms with Crippen LogP contribution in [0, 0.1) is 13.8 Å². The lowest BCUT2D eigenvalue weighted by molar-refractivity contribution is 0.0698. The van der Waals surface area contributed by atoms with Crippen LogP contribution in [0.3, 0.4) is 0 Å². The van der Waals surface area contributed by atoms with Crippen LogP contribution in [0.4, 0.5) is 5.82 Å². The molecule has 1 fully saturated rings. The zero-order chi connectivity index (χ0) is 17.2. The highest BCUT2D eigenvalue weighted by atomic mass is 16.1. The summed E-state index contributed by atoms with van der Waals surface area (Å²) in [4.78, 5) is 21.0. The summed E-state index contributed by atoms with van der Waals surface area (Å²) >= 11 is 0. The Bertz CT molecular complexity index is 577. The number of carbonyl (C=O) groups is 1. The van der Waals surface area contributed by atoms with Crippen molar-refractivity contribution in [2.75, 3.05) is 45.1 Å². The molecule has 128 valence electrons. The Morgan fingerprint density at radius 3 is 2.48 bits per heavy atom. The van der Waals surface area contributed by atoms with Crippen LogP contribution in [-0.4, -0.2) is 66.0 Å². The number of hydrogen-bond donors (Lipinski definition) is 2. The second-order valence-corrected chi connectivity index (χ2v) is 7.11. The van der Waals surface area contributed by atoms with E-state index in [0.29, 0.717) is 17.9 Å². The molecule has 0 spiro atoms. The summed E-state index contributed by atoms with van der Waals surface area (Å²) in [6, 6.07) is 1.82. The van der Waals surface area contributed by atoms with Gasteiger partial charge in [0.15, 0.2) is 0 Å². The van der Waals surface area contributed by atoms with Crippen LogP contribution in [0.5, 0.6) is 0 Å². The number of aromatic nitrogens is 1. The largest absolute Gasteiger partial charge is 0.368 e. The lowest BCUT2D eigenvalue weighted by Crippen LogP contribution is -2.56. The number of likely N-dealkylation sites (N-methyl/N-ethyl adjacent to an activating group) is 1. The molecule has 0 unspecified atom stereocenters. The van der Waals surface area contributed by atoms with E-state index in [9.17, 15) is 4.79 Å². The zero-order valence-corrected chi connectivity index (χ0v) is 14.9. The molecule has 2 heterocycles. The maximum absolute atomic E-state index is 11.7. The fourth-order valence-electron chi connectivity index (χ4n) is 2.85. The second-order valence-electron chi connectivity index (χ2n) is 7.11. The molecule has 6 heteroatoms. The minimum absolute atomic E-state index is 0.0172. The molecule has 1 saturated heterocycles. The molecular formula is C17H29N5O. The van der Waals surface area contributed by atoms with Crippen molar-refractivity contribution in [1.29, 1.82) is 0 Å². The quantitative estimate of drug-likeness (QED) is 0.854. The van der Waals surface area contributed by atoms with Crippen LogP contribution in [0.1, 0.15) is 35.5 Å². The molecule has 0 bridgehead atoms. The Morgan fingerprint density at radius 1 is 1.30 bits per heavy atom. The first-order valence-electron chi connectivity index (χ1n) is 8.16. The van der Waals surface area contributed by atoms with E-state index >= 15 is 0 Å². The lowest BCUT2D eigenvalue weighted by Gasteiger charge is -2.43. The summed E-state index contributed by atoms with van der Waals surface area (Å²) in [5.74, 6) is 0.142. The fourth-order valence-corrected chi connectivity index (χ4v) is 2.85. The van der Waals surface area contributed by atoms with Gasteiger partial charge in [-0.3, -0.25) is 9.69 Å². The molecule has 3 N–H and O–H groups in total. The monoisotopic (exact) mass is 319 g/mol. The predicted octanol–water partition coefficient (Wildman–Crippen LogP) is 1.24. The van der Waals surface area contributed by atoms with Gasteiger partial charge in [0, 0.05) is 44.0 Å². The Kier molecular flexibility index (Phi) is 5.26. The number of hydrogen-bond acceptors (Lipinski definition) is 5. The van der Waals surface area contributed by atoms with Crippen LogP contribution >= 0.6 is 0 Å². The molecule has 0 aromatic carbocycles. The first-order chi connectivity index (χ1) is 10.7. The van der Waals surface area contributed by atoms with E-state index in [2.05, 4.69) is 41.0 Å². The molecule has 2 rings (SSSR count). The van der Waals surface area contributed by atoms with E-state index in [1.807, 2.05) is 19.9 Å². The summed E-state index contributed by atoms with van der Waals surface area (Å²) in [5.41, 5.74) is 7.83. The predicted molar refractivity (Wildman–Crippen MR) is 93.9 cm³/mol. The van der Waals surface area contributed by atoms with E-state index in [-0.39, 0.29) is 5.54 Å². The lowest BCUT2D eigenvalue weighted by atomic mass is 10.0. The Morgan fingerprint density at radius 2 is 1.91 bits per heavy atom. The van der Waals surface area contributed by atoms with Gasteiger partial charge in [-0.15, -0.1) is 0 Å². The van der Waals surface area contributed by atoms with E-state index in [4.69, 9.17) is 5.73 Å². The number of nitrogens with one attached hydrogen (secondary N) is 1. The average Bonchev–Trinajstić information content (AvgIpc) is 2.48. The third-order valence-electron chi connectivity index (χ3n) is 4.78. The van der Waals surface area contributed by atoms with Crippen molar-refractivity contribution in [3.8, 4) is 0 Å². The molecule has 0 saturated carbocycles. The van der Waals surface area contributed by atoms with E-state index in [0.717, 1.165) is 37.4 Å². The van der Waals surface area contributed by atoms with Gasteiger partial charge in [-0.05, 0) is 46.4 Å². The molecule has 1 aromatic heterocycles. The van der Waals surface area contributed by atoms with Crippen LogP contribution in [-0.2, 0) is 0 Å². The number of primary amides is 1. The molecule has 1 aliphatic heterocycles. The van der Waals surface area contributed by atoms with Gasteiger partial charge in [-0.2, -0.15) is 0 Å². The van der Waals surface area contributed by atoms with Crippen molar-refractivity contribution in [3.05, 3.63) is 22.9 Å². The highest BCUT2D eigenvalue weighted by molar-refractivity contribution is 5.97. The van der Waals surface area contributed by atoms with Crippen LogP contribution in [0.25, 0.3) is 0 Å². The smallest absolute Gasteiger partial charge is 0.252 e. The summed E-state index contributed by atoms with van der Waals surface area (Å²) in [7, 11) is 2.15. The number of rotatable bonds is 5. The summed E-state index contributed by atoms with van der Waals surface area (Å²) in [6.45, 7) is 13.3. The molecule has 1 aromatic rings. The van der Waals surface area contributed by atoms with Crippen molar-refractivity contribution < 1.29 is 4.79 Å². The number of pyridine rings is 1. The van der Waals surface area contributed by atoms with Crippen LogP contribution in [0.2, 0.25) is 0 Å². The number of carbonyl (C=O) groups excluding carboxylic acids is 1. The number of anilines is 1. The van der Waals surface area contributed by atoms with Gasteiger partial charge in [-0.1, -0.05) is 0 Å².